The Balaban J connectivity index is 0.964. The van der Waals surface area contributed by atoms with Crippen LogP contribution in [0.25, 0.3) is 6.08 Å². The molecule has 2 heterocycles. The number of aliphatic hydroxyl groups excluding tert-OH is 1. The van der Waals surface area contributed by atoms with Gasteiger partial charge in [-0.15, -0.1) is 0 Å². The van der Waals surface area contributed by atoms with Crippen LogP contribution in [0.15, 0.2) is 71.8 Å². The first kappa shape index (κ1) is 39.6. The molecule has 10 heteroatoms. The SMILES string of the molecule is CN(C(=O)C1=CC2OC(C3CC3)(C3CC3)OC2C(OC(=O)c2cccc(C=C3CCC4OC4(C)CCC4C3CC4(C)C)c2)C1)C(Cc1ccccc1)C(=O)NCCO. The number of rotatable bonds is 12. The van der Waals surface area contributed by atoms with Crippen LogP contribution in [0.3, 0.4) is 0 Å². The zero-order valence-electron chi connectivity index (χ0n) is 34.5. The van der Waals surface area contributed by atoms with Gasteiger partial charge in [-0.1, -0.05) is 68.0 Å². The number of esters is 1. The largest absolute Gasteiger partial charge is 0.456 e. The highest BCUT2D eigenvalue weighted by atomic mass is 16.8. The highest BCUT2D eigenvalue weighted by Crippen LogP contribution is 2.61. The second kappa shape index (κ2) is 15.3. The molecule has 0 radical (unpaired) electrons. The fraction of sp³-hybridized carbons (Fsp3) is 0.604. The summed E-state index contributed by atoms with van der Waals surface area (Å²) in [6, 6.07) is 16.4. The highest BCUT2D eigenvalue weighted by Gasteiger charge is 2.65. The van der Waals surface area contributed by atoms with E-state index in [0.29, 0.717) is 40.9 Å². The molecule has 2 aromatic rings. The van der Waals surface area contributed by atoms with Gasteiger partial charge < -0.3 is 34.3 Å². The van der Waals surface area contributed by atoms with E-state index in [2.05, 4.69) is 38.2 Å². The Morgan fingerprint density at radius 1 is 0.966 bits per heavy atom. The normalized spacial score (nSPS) is 33.1. The van der Waals surface area contributed by atoms with Gasteiger partial charge in [0.2, 0.25) is 11.8 Å². The predicted molar refractivity (Wildman–Crippen MR) is 218 cm³/mol. The molecule has 2 aliphatic heterocycles. The van der Waals surface area contributed by atoms with E-state index in [-0.39, 0.29) is 48.8 Å². The number of hydrogen-bond acceptors (Lipinski definition) is 8. The summed E-state index contributed by atoms with van der Waals surface area (Å²) in [5.74, 6) is -0.166. The Morgan fingerprint density at radius 3 is 2.43 bits per heavy atom. The molecule has 2 saturated heterocycles. The molecule has 0 spiro atoms. The van der Waals surface area contributed by atoms with Crippen LogP contribution in [0.2, 0.25) is 0 Å². The van der Waals surface area contributed by atoms with E-state index in [1.807, 2.05) is 48.5 Å². The Morgan fingerprint density at radius 2 is 1.72 bits per heavy atom. The number of ether oxygens (including phenoxy) is 4. The fourth-order valence-corrected chi connectivity index (χ4v) is 10.8. The van der Waals surface area contributed by atoms with Crippen molar-refractivity contribution in [1.29, 1.82) is 0 Å². The summed E-state index contributed by atoms with van der Waals surface area (Å²) in [5, 5.41) is 12.2. The topological polar surface area (TPSA) is 127 Å². The second-order valence-electron chi connectivity index (χ2n) is 19.2. The van der Waals surface area contributed by atoms with Crippen molar-refractivity contribution in [2.45, 2.75) is 133 Å². The highest BCUT2D eigenvalue weighted by molar-refractivity contribution is 5.97. The van der Waals surface area contributed by atoms with Crippen molar-refractivity contribution in [1.82, 2.24) is 10.2 Å². The van der Waals surface area contributed by atoms with Gasteiger partial charge in [-0.05, 0) is 111 Å². The molecule has 310 valence electrons. The Kier molecular flexibility index (Phi) is 10.5. The maximum absolute atomic E-state index is 14.5. The third kappa shape index (κ3) is 7.70. The van der Waals surface area contributed by atoms with Crippen molar-refractivity contribution in [2.24, 2.45) is 29.1 Å². The third-order valence-corrected chi connectivity index (χ3v) is 14.6. The van der Waals surface area contributed by atoms with E-state index in [9.17, 15) is 19.5 Å². The lowest BCUT2D eigenvalue weighted by Crippen LogP contribution is -2.51. The quantitative estimate of drug-likeness (QED) is 0.178. The first-order valence-electron chi connectivity index (χ1n) is 21.8. The molecule has 10 nitrogen and oxygen atoms in total. The maximum atomic E-state index is 14.5. The zero-order valence-corrected chi connectivity index (χ0v) is 34.5. The lowest BCUT2D eigenvalue weighted by Gasteiger charge is -2.53. The zero-order chi connectivity index (χ0) is 40.4. The number of amides is 2. The Bertz CT molecular complexity index is 1960. The van der Waals surface area contributed by atoms with Gasteiger partial charge in [0.1, 0.15) is 24.4 Å². The molecule has 8 unspecified atom stereocenters. The van der Waals surface area contributed by atoms with Crippen molar-refractivity contribution < 1.29 is 38.4 Å². The number of carbonyl (C=O) groups excluding carboxylic acids is 3. The van der Waals surface area contributed by atoms with Crippen molar-refractivity contribution in [3.63, 3.8) is 0 Å². The minimum atomic E-state index is -0.833. The number of hydrogen-bond donors (Lipinski definition) is 2. The molecule has 5 aliphatic carbocycles. The van der Waals surface area contributed by atoms with Gasteiger partial charge >= 0.3 is 5.97 Å². The van der Waals surface area contributed by atoms with Crippen LogP contribution in [0.1, 0.15) is 106 Å². The fourth-order valence-electron chi connectivity index (χ4n) is 10.8. The van der Waals surface area contributed by atoms with Crippen LogP contribution in [-0.2, 0) is 35.0 Å². The number of carbonyl (C=O) groups is 3. The van der Waals surface area contributed by atoms with Crippen LogP contribution in [0.5, 0.6) is 0 Å². The number of benzene rings is 2. The summed E-state index contributed by atoms with van der Waals surface area (Å²) >= 11 is 0. The second-order valence-corrected chi connectivity index (χ2v) is 19.2. The standard InChI is InChI=1S/C48H60N2O8/c1-46(2)28-36-31(13-18-41-47(3,57-41)20-19-37(36)46)23-30-11-8-12-32(24-30)45(54)55-39-26-33(27-40-42(39)58-48(56-40,34-14-15-34)35-16-17-35)44(53)50(4)38(43(52)49-21-22-51)25-29-9-6-5-7-10-29/h5-12,23-24,27,34-42,51H,13-22,25-26,28H2,1-4H3,(H,49,52). The summed E-state index contributed by atoms with van der Waals surface area (Å²) in [5.41, 5.74) is 4.54. The monoisotopic (exact) mass is 792 g/mol. The molecular formula is C48H60N2O8. The number of allylic oxidation sites excluding steroid dienone is 1. The average Bonchev–Trinajstić information content (AvgIpc) is 4.13. The van der Waals surface area contributed by atoms with Crippen LogP contribution in [0.4, 0.5) is 0 Å². The summed E-state index contributed by atoms with van der Waals surface area (Å²) in [4.78, 5) is 43.6. The van der Waals surface area contributed by atoms with Crippen molar-refractivity contribution in [3.05, 3.63) is 88.5 Å². The van der Waals surface area contributed by atoms with Crippen LogP contribution in [-0.4, -0.2) is 89.8 Å². The van der Waals surface area contributed by atoms with Crippen molar-refractivity contribution >= 4 is 23.9 Å². The number of nitrogens with one attached hydrogen (secondary N) is 1. The van der Waals surface area contributed by atoms with Gasteiger partial charge in [0.25, 0.3) is 0 Å². The summed E-state index contributed by atoms with van der Waals surface area (Å²) < 4.78 is 26.3. The predicted octanol–water partition coefficient (Wildman–Crippen LogP) is 6.80. The molecule has 8 atom stereocenters. The molecule has 2 N–H and O–H groups in total. The molecular weight excluding hydrogens is 733 g/mol. The number of aliphatic hydroxyl groups is 1. The van der Waals surface area contributed by atoms with E-state index in [1.54, 1.807) is 13.1 Å². The van der Waals surface area contributed by atoms with Gasteiger partial charge in [-0.3, -0.25) is 9.59 Å². The van der Waals surface area contributed by atoms with E-state index < -0.39 is 36.1 Å². The van der Waals surface area contributed by atoms with Crippen molar-refractivity contribution in [2.75, 3.05) is 20.2 Å². The van der Waals surface area contributed by atoms with Gasteiger partial charge in [0.15, 0.2) is 5.79 Å². The number of fused-ring (bicyclic) bond motifs is 3. The lowest BCUT2D eigenvalue weighted by molar-refractivity contribution is -0.209. The number of likely N-dealkylation sites (N-methyl/N-ethyl adjacent to an activating group) is 1. The van der Waals surface area contributed by atoms with Gasteiger partial charge in [0, 0.05) is 43.8 Å². The van der Waals surface area contributed by atoms with Crippen LogP contribution >= 0.6 is 0 Å². The Hall–Kier alpha value is -3.83. The molecule has 4 saturated carbocycles. The van der Waals surface area contributed by atoms with Gasteiger partial charge in [0.05, 0.1) is 23.9 Å². The van der Waals surface area contributed by atoms with Gasteiger partial charge in [-0.2, -0.15) is 0 Å². The summed E-state index contributed by atoms with van der Waals surface area (Å²) in [7, 11) is 1.63. The average molecular weight is 793 g/mol. The molecule has 6 fully saturated rings. The van der Waals surface area contributed by atoms with Crippen LogP contribution in [0, 0.1) is 29.1 Å². The maximum Gasteiger partial charge on any atom is 0.338 e. The molecule has 0 bridgehead atoms. The summed E-state index contributed by atoms with van der Waals surface area (Å²) in [6.45, 7) is 6.94. The first-order chi connectivity index (χ1) is 27.9. The smallest absolute Gasteiger partial charge is 0.338 e. The lowest BCUT2D eigenvalue weighted by atomic mass is 9.52. The van der Waals surface area contributed by atoms with E-state index in [0.717, 1.165) is 56.1 Å². The number of nitrogens with zero attached hydrogens (tertiary/aromatic N) is 1. The minimum Gasteiger partial charge on any atom is -0.456 e. The van der Waals surface area contributed by atoms with E-state index >= 15 is 0 Å². The van der Waals surface area contributed by atoms with Crippen LogP contribution < -0.4 is 5.32 Å². The molecule has 7 aliphatic rings. The number of epoxide rings is 1. The van der Waals surface area contributed by atoms with E-state index in [1.165, 1.54) is 23.3 Å². The summed E-state index contributed by atoms with van der Waals surface area (Å²) in [6.07, 6.45) is 12.6. The molecule has 2 aromatic carbocycles. The van der Waals surface area contributed by atoms with Crippen molar-refractivity contribution in [3.8, 4) is 0 Å². The molecule has 0 aromatic heterocycles. The minimum absolute atomic E-state index is 0.0202. The molecule has 58 heavy (non-hydrogen) atoms. The molecule has 9 rings (SSSR count). The van der Waals surface area contributed by atoms with Gasteiger partial charge in [-0.25, -0.2) is 4.79 Å². The first-order valence-corrected chi connectivity index (χ1v) is 21.8. The molecule has 2 amide bonds. The van der Waals surface area contributed by atoms with E-state index in [4.69, 9.17) is 18.9 Å². The third-order valence-electron chi connectivity index (χ3n) is 14.6. The Labute approximate surface area is 342 Å².